The lowest BCUT2D eigenvalue weighted by Crippen LogP contribution is -2.20. The Balaban J connectivity index is 1.75. The fraction of sp³-hybridized carbons (Fsp3) is 0.429. The molecule has 2 atom stereocenters. The van der Waals surface area contributed by atoms with Crippen molar-refractivity contribution in [2.45, 2.75) is 50.9 Å². The average Bonchev–Trinajstić information content (AvgIpc) is 3.38. The number of benzene rings is 2. The molecule has 0 heterocycles. The van der Waals surface area contributed by atoms with E-state index in [0.717, 1.165) is 60.1 Å². The molecule has 2 aromatic rings. The fourth-order valence-electron chi connectivity index (χ4n) is 5.41. The van der Waals surface area contributed by atoms with Crippen molar-refractivity contribution in [2.24, 2.45) is 0 Å². The van der Waals surface area contributed by atoms with Gasteiger partial charge in [0.05, 0.1) is 0 Å². The van der Waals surface area contributed by atoms with Crippen LogP contribution in [0, 0.1) is 0 Å². The Bertz CT molecular complexity index is 1130. The summed E-state index contributed by atoms with van der Waals surface area (Å²) >= 11 is 0. The van der Waals surface area contributed by atoms with Crippen LogP contribution in [0.15, 0.2) is 43.5 Å². The van der Waals surface area contributed by atoms with E-state index in [2.05, 4.69) is 45.2 Å². The van der Waals surface area contributed by atoms with Gasteiger partial charge >= 0.3 is 11.9 Å². The third-order valence-electron chi connectivity index (χ3n) is 6.96. The largest absolute Gasteiger partial charge is 0.489 e. The Labute approximate surface area is 200 Å². The molecule has 2 aromatic carbocycles. The lowest BCUT2D eigenvalue weighted by Gasteiger charge is -2.30. The molecule has 0 aromatic heterocycles. The minimum atomic E-state index is -0.460. The number of hydrogen-bond donors (Lipinski definition) is 0. The highest BCUT2D eigenvalue weighted by Crippen LogP contribution is 2.64. The molecule has 4 rings (SSSR count). The zero-order chi connectivity index (χ0) is 24.3. The molecule has 0 saturated heterocycles. The monoisotopic (exact) mass is 464 g/mol. The standard InChI is InChI=1S/C28H32O6/c1-5-18-8-9-20-21(16-18)26(33-14-12-31-22(29)6-2)24-19-10-11-28(4,17-19)25(24)27(20)34-15-13-32-23(30)7-3/h6-9,16,19H,2-3,5,10-15,17H2,1,4H3. The van der Waals surface area contributed by atoms with Crippen LogP contribution in [0.1, 0.15) is 55.7 Å². The minimum Gasteiger partial charge on any atom is -0.489 e. The first-order valence-electron chi connectivity index (χ1n) is 11.9. The Kier molecular flexibility index (Phi) is 6.96. The molecule has 1 saturated carbocycles. The number of ether oxygens (including phenoxy) is 4. The van der Waals surface area contributed by atoms with Gasteiger partial charge in [0, 0.05) is 34.1 Å². The summed E-state index contributed by atoms with van der Waals surface area (Å²) in [5.74, 6) is 1.21. The maximum Gasteiger partial charge on any atom is 0.330 e. The lowest BCUT2D eigenvalue weighted by atomic mass is 9.78. The first-order chi connectivity index (χ1) is 16.4. The van der Waals surface area contributed by atoms with Gasteiger partial charge in [0.25, 0.3) is 0 Å². The van der Waals surface area contributed by atoms with E-state index < -0.39 is 11.9 Å². The number of aryl methyl sites for hydroxylation is 1. The average molecular weight is 465 g/mol. The van der Waals surface area contributed by atoms with Gasteiger partial charge in [-0.3, -0.25) is 0 Å². The Morgan fingerprint density at radius 1 is 1.00 bits per heavy atom. The zero-order valence-electron chi connectivity index (χ0n) is 20.0. The third kappa shape index (κ3) is 4.41. The number of rotatable bonds is 11. The van der Waals surface area contributed by atoms with Crippen LogP contribution in [0.5, 0.6) is 11.5 Å². The summed E-state index contributed by atoms with van der Waals surface area (Å²) in [6, 6.07) is 6.38. The van der Waals surface area contributed by atoms with Crippen molar-refractivity contribution in [2.75, 3.05) is 26.4 Å². The summed E-state index contributed by atoms with van der Waals surface area (Å²) in [5, 5.41) is 1.99. The second-order valence-corrected chi connectivity index (χ2v) is 9.12. The van der Waals surface area contributed by atoms with Gasteiger partial charge in [-0.1, -0.05) is 39.1 Å². The number of hydrogen-bond acceptors (Lipinski definition) is 6. The van der Waals surface area contributed by atoms with E-state index in [9.17, 15) is 9.59 Å². The van der Waals surface area contributed by atoms with Crippen molar-refractivity contribution in [1.29, 1.82) is 0 Å². The fourth-order valence-corrected chi connectivity index (χ4v) is 5.41. The molecule has 6 heteroatoms. The number of carbonyl (C=O) groups is 2. The lowest BCUT2D eigenvalue weighted by molar-refractivity contribution is -0.139. The van der Waals surface area contributed by atoms with Gasteiger partial charge in [-0.15, -0.1) is 0 Å². The highest BCUT2D eigenvalue weighted by molar-refractivity contribution is 5.98. The van der Waals surface area contributed by atoms with Gasteiger partial charge in [-0.05, 0) is 48.6 Å². The van der Waals surface area contributed by atoms with Gasteiger partial charge in [0.2, 0.25) is 0 Å². The van der Waals surface area contributed by atoms with Crippen LogP contribution in [0.4, 0.5) is 0 Å². The molecule has 1 fully saturated rings. The van der Waals surface area contributed by atoms with Crippen LogP contribution >= 0.6 is 0 Å². The molecule has 2 aliphatic carbocycles. The van der Waals surface area contributed by atoms with Crippen LogP contribution in [0.25, 0.3) is 10.8 Å². The van der Waals surface area contributed by atoms with E-state index >= 15 is 0 Å². The summed E-state index contributed by atoms with van der Waals surface area (Å²) in [4.78, 5) is 22.9. The summed E-state index contributed by atoms with van der Waals surface area (Å²) in [5.41, 5.74) is 3.63. The molecule has 0 radical (unpaired) electrons. The molecule has 180 valence electrons. The van der Waals surface area contributed by atoms with Crippen molar-refractivity contribution in [3.8, 4) is 11.5 Å². The van der Waals surface area contributed by atoms with E-state index in [4.69, 9.17) is 18.9 Å². The predicted molar refractivity (Wildman–Crippen MR) is 131 cm³/mol. The second-order valence-electron chi connectivity index (χ2n) is 9.12. The predicted octanol–water partition coefficient (Wildman–Crippen LogP) is 5.16. The molecule has 0 N–H and O–H groups in total. The first kappa shape index (κ1) is 23.9. The van der Waals surface area contributed by atoms with E-state index in [-0.39, 0.29) is 31.8 Å². The molecular formula is C28H32O6. The maximum absolute atomic E-state index is 11.4. The number of esters is 2. The topological polar surface area (TPSA) is 71.1 Å². The van der Waals surface area contributed by atoms with Crippen LogP contribution in [0.2, 0.25) is 0 Å². The smallest absolute Gasteiger partial charge is 0.330 e. The molecule has 2 aliphatic rings. The van der Waals surface area contributed by atoms with Gasteiger partial charge in [-0.25, -0.2) is 9.59 Å². The summed E-state index contributed by atoms with van der Waals surface area (Å²) in [7, 11) is 0. The summed E-state index contributed by atoms with van der Waals surface area (Å²) in [6.45, 7) is 12.1. The highest BCUT2D eigenvalue weighted by Gasteiger charge is 2.50. The zero-order valence-corrected chi connectivity index (χ0v) is 20.0. The van der Waals surface area contributed by atoms with Crippen LogP contribution in [0.3, 0.4) is 0 Å². The quantitative estimate of drug-likeness (QED) is 0.260. The van der Waals surface area contributed by atoms with Crippen molar-refractivity contribution >= 4 is 22.7 Å². The Hall–Kier alpha value is -3.28. The Morgan fingerprint density at radius 2 is 1.65 bits per heavy atom. The minimum absolute atomic E-state index is 0.0121. The van der Waals surface area contributed by atoms with Gasteiger partial charge < -0.3 is 18.9 Å². The van der Waals surface area contributed by atoms with Crippen molar-refractivity contribution in [1.82, 2.24) is 0 Å². The summed E-state index contributed by atoms with van der Waals surface area (Å²) in [6.07, 6.45) is 6.47. The van der Waals surface area contributed by atoms with Crippen molar-refractivity contribution in [3.63, 3.8) is 0 Å². The van der Waals surface area contributed by atoms with E-state index in [1.165, 1.54) is 16.7 Å². The first-order valence-corrected chi connectivity index (χ1v) is 11.9. The van der Waals surface area contributed by atoms with Crippen LogP contribution < -0.4 is 9.47 Å². The van der Waals surface area contributed by atoms with Gasteiger partial charge in [-0.2, -0.15) is 0 Å². The normalized spacial score (nSPS) is 20.0. The third-order valence-corrected chi connectivity index (χ3v) is 6.96. The maximum atomic E-state index is 11.4. The van der Waals surface area contributed by atoms with Gasteiger partial charge in [0.1, 0.15) is 37.9 Å². The number of carbonyl (C=O) groups excluding carboxylic acids is 2. The van der Waals surface area contributed by atoms with Crippen molar-refractivity contribution in [3.05, 3.63) is 60.2 Å². The van der Waals surface area contributed by atoms with E-state index in [0.29, 0.717) is 5.92 Å². The molecule has 0 aliphatic heterocycles. The molecule has 0 spiro atoms. The molecular weight excluding hydrogens is 432 g/mol. The highest BCUT2D eigenvalue weighted by atomic mass is 16.6. The van der Waals surface area contributed by atoms with Gasteiger partial charge in [0.15, 0.2) is 0 Å². The molecule has 6 nitrogen and oxygen atoms in total. The molecule has 34 heavy (non-hydrogen) atoms. The Morgan fingerprint density at radius 3 is 2.26 bits per heavy atom. The molecule has 2 unspecified atom stereocenters. The second kappa shape index (κ2) is 9.92. The van der Waals surface area contributed by atoms with E-state index in [1.54, 1.807) is 0 Å². The number of fused-ring (bicyclic) bond motifs is 6. The van der Waals surface area contributed by atoms with E-state index in [1.807, 2.05) is 0 Å². The molecule has 2 bridgehead atoms. The molecule has 0 amide bonds. The summed E-state index contributed by atoms with van der Waals surface area (Å²) < 4.78 is 22.9. The SMILES string of the molecule is C=CC(=O)OCCOc1c2c(c(OCCOC(=O)C=C)c3ccc(CC)cc13)C1(C)CCC2C1. The van der Waals surface area contributed by atoms with Crippen LogP contribution in [-0.4, -0.2) is 38.4 Å². The van der Waals surface area contributed by atoms with Crippen molar-refractivity contribution < 1.29 is 28.5 Å². The van der Waals surface area contributed by atoms with Crippen LogP contribution in [-0.2, 0) is 30.9 Å².